The Hall–Kier alpha value is -1.68. The number of thiazole rings is 1. The molecular formula is C12H11N3S. The van der Waals surface area contributed by atoms with E-state index in [-0.39, 0.29) is 0 Å². The van der Waals surface area contributed by atoms with Gasteiger partial charge in [0.05, 0.1) is 20.9 Å². The predicted molar refractivity (Wildman–Crippen MR) is 66.7 cm³/mol. The van der Waals surface area contributed by atoms with Crippen LogP contribution >= 0.6 is 11.3 Å². The summed E-state index contributed by atoms with van der Waals surface area (Å²) in [5.74, 6) is 0.912. The maximum Gasteiger partial charge on any atom is 0.150 e. The number of nitrogens with one attached hydrogen (secondary N) is 1. The summed E-state index contributed by atoms with van der Waals surface area (Å²) in [6.07, 6.45) is 1.87. The molecule has 1 N–H and O–H groups in total. The lowest BCUT2D eigenvalue weighted by atomic mass is 10.2. The fraction of sp³-hybridized carbons (Fsp3) is 0.167. The first-order valence-electron chi connectivity index (χ1n) is 5.12. The molecule has 3 nitrogen and oxygen atoms in total. The number of aromatic nitrogens is 3. The molecule has 0 bridgehead atoms. The average Bonchev–Trinajstić information content (AvgIpc) is 2.84. The van der Waals surface area contributed by atoms with Crippen molar-refractivity contribution in [3.63, 3.8) is 0 Å². The molecule has 3 aromatic rings. The van der Waals surface area contributed by atoms with E-state index in [2.05, 4.69) is 27.9 Å². The zero-order chi connectivity index (χ0) is 11.1. The van der Waals surface area contributed by atoms with Crippen LogP contribution in [0.1, 0.15) is 10.6 Å². The van der Waals surface area contributed by atoms with Gasteiger partial charge in [0.15, 0.2) is 0 Å². The van der Waals surface area contributed by atoms with Crippen LogP contribution in [0.15, 0.2) is 24.4 Å². The molecule has 0 saturated carbocycles. The molecule has 3 rings (SSSR count). The van der Waals surface area contributed by atoms with E-state index in [0.717, 1.165) is 26.7 Å². The number of H-pyrrole nitrogens is 1. The second-order valence-electron chi connectivity index (χ2n) is 3.80. The van der Waals surface area contributed by atoms with Gasteiger partial charge < -0.3 is 4.98 Å². The Balaban J connectivity index is 2.22. The summed E-state index contributed by atoms with van der Waals surface area (Å²) in [7, 11) is 0. The fourth-order valence-corrected chi connectivity index (χ4v) is 2.49. The van der Waals surface area contributed by atoms with Crippen LogP contribution in [-0.2, 0) is 0 Å². The Morgan fingerprint density at radius 2 is 2.12 bits per heavy atom. The third-order valence-corrected chi connectivity index (χ3v) is 3.49. The minimum atomic E-state index is 0.912. The summed E-state index contributed by atoms with van der Waals surface area (Å²) in [6, 6.07) is 6.16. The molecule has 2 heterocycles. The van der Waals surface area contributed by atoms with Crippen LogP contribution in [0.2, 0.25) is 0 Å². The topological polar surface area (TPSA) is 41.6 Å². The van der Waals surface area contributed by atoms with Gasteiger partial charge >= 0.3 is 0 Å². The molecule has 2 aromatic heterocycles. The molecule has 0 aliphatic rings. The van der Waals surface area contributed by atoms with Crippen molar-refractivity contribution in [2.75, 3.05) is 0 Å². The van der Waals surface area contributed by atoms with Crippen molar-refractivity contribution in [1.29, 1.82) is 0 Å². The Kier molecular flexibility index (Phi) is 2.04. The van der Waals surface area contributed by atoms with Crippen LogP contribution < -0.4 is 0 Å². The van der Waals surface area contributed by atoms with E-state index in [4.69, 9.17) is 0 Å². The zero-order valence-electron chi connectivity index (χ0n) is 9.11. The van der Waals surface area contributed by atoms with E-state index >= 15 is 0 Å². The average molecular weight is 229 g/mol. The van der Waals surface area contributed by atoms with Gasteiger partial charge in [-0.25, -0.2) is 9.97 Å². The number of aromatic amines is 1. The van der Waals surface area contributed by atoms with Gasteiger partial charge in [-0.05, 0) is 25.5 Å². The largest absolute Gasteiger partial charge is 0.337 e. The molecular weight excluding hydrogens is 218 g/mol. The second kappa shape index (κ2) is 3.42. The van der Waals surface area contributed by atoms with E-state index in [1.807, 2.05) is 25.3 Å². The summed E-state index contributed by atoms with van der Waals surface area (Å²) in [6.45, 7) is 4.08. The highest BCUT2D eigenvalue weighted by atomic mass is 32.1. The SMILES string of the molecule is Cc1ncc(-c2nc3c(C)cccc3[nH]2)s1. The van der Waals surface area contributed by atoms with Crippen LogP contribution in [0.4, 0.5) is 0 Å². The molecule has 80 valence electrons. The van der Waals surface area contributed by atoms with Crippen molar-refractivity contribution in [2.45, 2.75) is 13.8 Å². The number of benzene rings is 1. The number of para-hydroxylation sites is 1. The molecule has 4 heteroatoms. The van der Waals surface area contributed by atoms with Crippen molar-refractivity contribution < 1.29 is 0 Å². The first kappa shape index (κ1) is 9.54. The molecule has 0 spiro atoms. The molecule has 0 atom stereocenters. The molecule has 0 saturated heterocycles. The van der Waals surface area contributed by atoms with Gasteiger partial charge in [0.1, 0.15) is 5.82 Å². The van der Waals surface area contributed by atoms with Gasteiger partial charge in [-0.3, -0.25) is 0 Å². The molecule has 0 aliphatic carbocycles. The molecule has 1 aromatic carbocycles. The van der Waals surface area contributed by atoms with E-state index in [0.29, 0.717) is 0 Å². The second-order valence-corrected chi connectivity index (χ2v) is 5.03. The first-order valence-corrected chi connectivity index (χ1v) is 5.94. The van der Waals surface area contributed by atoms with E-state index in [1.165, 1.54) is 5.56 Å². The molecule has 0 amide bonds. The number of nitrogens with zero attached hydrogens (tertiary/aromatic N) is 2. The highest BCUT2D eigenvalue weighted by Crippen LogP contribution is 2.26. The van der Waals surface area contributed by atoms with Gasteiger partial charge in [0.25, 0.3) is 0 Å². The van der Waals surface area contributed by atoms with Gasteiger partial charge in [-0.1, -0.05) is 12.1 Å². The maximum atomic E-state index is 4.61. The number of fused-ring (bicyclic) bond motifs is 1. The smallest absolute Gasteiger partial charge is 0.150 e. The molecule has 0 aliphatic heterocycles. The number of hydrogen-bond acceptors (Lipinski definition) is 3. The van der Waals surface area contributed by atoms with Crippen molar-refractivity contribution in [2.24, 2.45) is 0 Å². The monoisotopic (exact) mass is 229 g/mol. The van der Waals surface area contributed by atoms with Gasteiger partial charge in [-0.15, -0.1) is 11.3 Å². The summed E-state index contributed by atoms with van der Waals surface area (Å²) in [4.78, 5) is 13.3. The van der Waals surface area contributed by atoms with E-state index in [9.17, 15) is 0 Å². The van der Waals surface area contributed by atoms with Crippen LogP contribution in [-0.4, -0.2) is 15.0 Å². The minimum Gasteiger partial charge on any atom is -0.337 e. The fourth-order valence-electron chi connectivity index (χ4n) is 1.76. The Bertz CT molecular complexity index is 651. The van der Waals surface area contributed by atoms with Crippen molar-refractivity contribution in [3.8, 4) is 10.7 Å². The number of imidazole rings is 1. The van der Waals surface area contributed by atoms with Crippen LogP contribution in [0.5, 0.6) is 0 Å². The molecule has 0 unspecified atom stereocenters. The van der Waals surface area contributed by atoms with Crippen LogP contribution in [0.25, 0.3) is 21.7 Å². The lowest BCUT2D eigenvalue weighted by molar-refractivity contribution is 1.28. The Labute approximate surface area is 97.2 Å². The first-order chi connectivity index (χ1) is 7.74. The summed E-state index contributed by atoms with van der Waals surface area (Å²) in [5.41, 5.74) is 3.32. The van der Waals surface area contributed by atoms with Gasteiger partial charge in [-0.2, -0.15) is 0 Å². The van der Waals surface area contributed by atoms with Crippen molar-refractivity contribution in [1.82, 2.24) is 15.0 Å². The minimum absolute atomic E-state index is 0.912. The predicted octanol–water partition coefficient (Wildman–Crippen LogP) is 3.30. The molecule has 0 radical (unpaired) electrons. The number of aryl methyl sites for hydroxylation is 2. The molecule has 0 fully saturated rings. The zero-order valence-corrected chi connectivity index (χ0v) is 9.93. The summed E-state index contributed by atoms with van der Waals surface area (Å²) >= 11 is 1.66. The van der Waals surface area contributed by atoms with Crippen molar-refractivity contribution in [3.05, 3.63) is 35.0 Å². The standard InChI is InChI=1S/C12H11N3S/c1-7-4-3-5-9-11(7)15-12(14-9)10-6-13-8(2)16-10/h3-6H,1-2H3,(H,14,15). The van der Waals surface area contributed by atoms with Crippen LogP contribution in [0, 0.1) is 13.8 Å². The Morgan fingerprint density at radius 3 is 2.81 bits per heavy atom. The number of rotatable bonds is 1. The van der Waals surface area contributed by atoms with Crippen molar-refractivity contribution >= 4 is 22.4 Å². The van der Waals surface area contributed by atoms with E-state index < -0.39 is 0 Å². The lowest BCUT2D eigenvalue weighted by Crippen LogP contribution is -1.75. The summed E-state index contributed by atoms with van der Waals surface area (Å²) < 4.78 is 0. The maximum absolute atomic E-state index is 4.61. The summed E-state index contributed by atoms with van der Waals surface area (Å²) in [5, 5.41) is 1.06. The third-order valence-electron chi connectivity index (χ3n) is 2.57. The normalized spacial score (nSPS) is 11.1. The quantitative estimate of drug-likeness (QED) is 0.695. The number of hydrogen-bond donors (Lipinski definition) is 1. The van der Waals surface area contributed by atoms with Gasteiger partial charge in [0.2, 0.25) is 0 Å². The van der Waals surface area contributed by atoms with Gasteiger partial charge in [0, 0.05) is 6.20 Å². The van der Waals surface area contributed by atoms with Crippen LogP contribution in [0.3, 0.4) is 0 Å². The third kappa shape index (κ3) is 1.42. The lowest BCUT2D eigenvalue weighted by Gasteiger charge is -1.90. The van der Waals surface area contributed by atoms with E-state index in [1.54, 1.807) is 11.3 Å². The highest BCUT2D eigenvalue weighted by Gasteiger charge is 2.08. The Morgan fingerprint density at radius 1 is 1.25 bits per heavy atom. The highest BCUT2D eigenvalue weighted by molar-refractivity contribution is 7.14. The molecule has 16 heavy (non-hydrogen) atoms.